The molecule has 0 bridgehead atoms. The van der Waals surface area contributed by atoms with Crippen molar-refractivity contribution in [1.82, 2.24) is 10.6 Å². The molecule has 1 rings (SSSR count). The lowest BCUT2D eigenvalue weighted by atomic mass is 10.2. The van der Waals surface area contributed by atoms with Gasteiger partial charge in [-0.1, -0.05) is 6.07 Å². The van der Waals surface area contributed by atoms with E-state index in [1.54, 1.807) is 14.2 Å². The van der Waals surface area contributed by atoms with E-state index in [-0.39, 0.29) is 0 Å². The topological polar surface area (TPSA) is 45.7 Å². The lowest BCUT2D eigenvalue weighted by molar-refractivity contribution is 0.412. The number of ether oxygens (including phenoxy) is 1. The predicted molar refractivity (Wildman–Crippen MR) is 87.3 cm³/mol. The Morgan fingerprint density at radius 3 is 2.79 bits per heavy atom. The molecule has 0 saturated heterocycles. The summed E-state index contributed by atoms with van der Waals surface area (Å²) in [6, 6.07) is 6.03. The Balaban J connectivity index is 2.48. The monoisotopic (exact) mass is 345 g/mol. The van der Waals surface area contributed by atoms with Crippen molar-refractivity contribution in [1.29, 1.82) is 0 Å². The number of methoxy groups -OCH3 is 1. The highest BCUT2D eigenvalue weighted by Crippen LogP contribution is 2.25. The number of nitrogens with one attached hydrogen (secondary N) is 2. The largest absolute Gasteiger partial charge is 0.496 e. The smallest absolute Gasteiger partial charge is 0.191 e. The molecule has 1 aromatic rings. The van der Waals surface area contributed by atoms with Crippen molar-refractivity contribution >= 4 is 33.7 Å². The molecule has 0 spiro atoms. The van der Waals surface area contributed by atoms with Crippen LogP contribution >= 0.6 is 27.7 Å². The van der Waals surface area contributed by atoms with Gasteiger partial charge in [0.05, 0.1) is 11.6 Å². The van der Waals surface area contributed by atoms with Gasteiger partial charge in [0.1, 0.15) is 5.75 Å². The van der Waals surface area contributed by atoms with Crippen LogP contribution in [-0.4, -0.2) is 38.7 Å². The number of hydrogen-bond acceptors (Lipinski definition) is 3. The molecular weight excluding hydrogens is 326 g/mol. The summed E-state index contributed by atoms with van der Waals surface area (Å²) in [5, 5.41) is 6.54. The maximum Gasteiger partial charge on any atom is 0.191 e. The molecule has 6 heteroatoms. The number of hydrogen-bond donors (Lipinski definition) is 2. The van der Waals surface area contributed by atoms with Crippen LogP contribution in [0.4, 0.5) is 0 Å². The molecule has 0 heterocycles. The van der Waals surface area contributed by atoms with Crippen molar-refractivity contribution < 1.29 is 4.74 Å². The zero-order valence-electron chi connectivity index (χ0n) is 11.5. The van der Waals surface area contributed by atoms with Gasteiger partial charge in [-0.05, 0) is 39.9 Å². The number of rotatable bonds is 6. The van der Waals surface area contributed by atoms with Crippen LogP contribution in [0.15, 0.2) is 27.7 Å². The average Bonchev–Trinajstić information content (AvgIpc) is 2.43. The maximum atomic E-state index is 5.21. The summed E-state index contributed by atoms with van der Waals surface area (Å²) in [6.07, 6.45) is 2.09. The Hall–Kier alpha value is -0.880. The van der Waals surface area contributed by atoms with Crippen LogP contribution in [0, 0.1) is 0 Å². The second-order valence-corrected chi connectivity index (χ2v) is 5.65. The molecule has 0 aliphatic heterocycles. The third-order valence-corrected chi connectivity index (χ3v) is 3.73. The van der Waals surface area contributed by atoms with Gasteiger partial charge in [0.2, 0.25) is 0 Å². The zero-order chi connectivity index (χ0) is 14.1. The van der Waals surface area contributed by atoms with Gasteiger partial charge in [0, 0.05) is 25.9 Å². The van der Waals surface area contributed by atoms with Gasteiger partial charge >= 0.3 is 0 Å². The molecule has 19 heavy (non-hydrogen) atoms. The van der Waals surface area contributed by atoms with Gasteiger partial charge in [-0.15, -0.1) is 0 Å². The summed E-state index contributed by atoms with van der Waals surface area (Å²) < 4.78 is 6.16. The fourth-order valence-corrected chi connectivity index (χ4v) is 2.39. The van der Waals surface area contributed by atoms with Crippen LogP contribution < -0.4 is 15.4 Å². The van der Waals surface area contributed by atoms with Crippen molar-refractivity contribution in [2.75, 3.05) is 32.7 Å². The Morgan fingerprint density at radius 2 is 2.21 bits per heavy atom. The normalized spacial score (nSPS) is 11.3. The first-order valence-electron chi connectivity index (χ1n) is 5.97. The number of halogens is 1. The number of guanidine groups is 1. The summed E-state index contributed by atoms with van der Waals surface area (Å²) in [6.45, 7) is 1.63. The van der Waals surface area contributed by atoms with E-state index in [1.807, 2.05) is 30.0 Å². The lowest BCUT2D eigenvalue weighted by Crippen LogP contribution is -2.37. The summed E-state index contributed by atoms with van der Waals surface area (Å²) in [4.78, 5) is 4.18. The van der Waals surface area contributed by atoms with E-state index < -0.39 is 0 Å². The van der Waals surface area contributed by atoms with Crippen LogP contribution in [0.5, 0.6) is 5.75 Å². The minimum atomic E-state index is 0.724. The van der Waals surface area contributed by atoms with E-state index in [0.717, 1.165) is 35.0 Å². The molecule has 4 nitrogen and oxygen atoms in total. The van der Waals surface area contributed by atoms with Crippen molar-refractivity contribution in [3.05, 3.63) is 28.2 Å². The van der Waals surface area contributed by atoms with Crippen molar-refractivity contribution in [3.63, 3.8) is 0 Å². The summed E-state index contributed by atoms with van der Waals surface area (Å²) in [7, 11) is 3.44. The minimum absolute atomic E-state index is 0.724. The highest BCUT2D eigenvalue weighted by molar-refractivity contribution is 9.10. The van der Waals surface area contributed by atoms with Gasteiger partial charge in [0.15, 0.2) is 5.96 Å². The van der Waals surface area contributed by atoms with Crippen LogP contribution in [-0.2, 0) is 6.54 Å². The highest BCUT2D eigenvalue weighted by atomic mass is 79.9. The van der Waals surface area contributed by atoms with E-state index in [2.05, 4.69) is 37.8 Å². The first-order valence-corrected chi connectivity index (χ1v) is 8.15. The van der Waals surface area contributed by atoms with Crippen LogP contribution in [0.3, 0.4) is 0 Å². The first kappa shape index (κ1) is 16.2. The van der Waals surface area contributed by atoms with Crippen LogP contribution in [0.1, 0.15) is 5.56 Å². The van der Waals surface area contributed by atoms with E-state index in [0.29, 0.717) is 0 Å². The number of aliphatic imine (C=N–C) groups is 1. The van der Waals surface area contributed by atoms with Gasteiger partial charge in [0.25, 0.3) is 0 Å². The molecule has 0 aliphatic rings. The molecular formula is C13H20BrN3OS. The Morgan fingerprint density at radius 1 is 1.42 bits per heavy atom. The van der Waals surface area contributed by atoms with Crippen molar-refractivity contribution in [3.8, 4) is 5.75 Å². The number of thioether (sulfide) groups is 1. The second kappa shape index (κ2) is 9.09. The molecule has 0 aromatic heterocycles. The second-order valence-electron chi connectivity index (χ2n) is 3.81. The van der Waals surface area contributed by atoms with E-state index in [9.17, 15) is 0 Å². The van der Waals surface area contributed by atoms with Crippen molar-refractivity contribution in [2.45, 2.75) is 6.54 Å². The fourth-order valence-electron chi connectivity index (χ4n) is 1.50. The predicted octanol–water partition coefficient (Wildman–Crippen LogP) is 2.49. The molecule has 0 fully saturated rings. The van der Waals surface area contributed by atoms with Crippen LogP contribution in [0.2, 0.25) is 0 Å². The quantitative estimate of drug-likeness (QED) is 0.472. The highest BCUT2D eigenvalue weighted by Gasteiger charge is 2.02. The van der Waals surface area contributed by atoms with E-state index in [4.69, 9.17) is 4.74 Å². The Kier molecular flexibility index (Phi) is 7.74. The standard InChI is InChI=1S/C13H20BrN3OS/c1-15-13(16-6-7-19-3)17-9-10-4-5-12(18-2)11(14)8-10/h4-5,8H,6-7,9H2,1-3H3,(H2,15,16,17). The van der Waals surface area contributed by atoms with Gasteiger partial charge in [-0.2, -0.15) is 11.8 Å². The number of benzene rings is 1. The molecule has 2 N–H and O–H groups in total. The molecule has 0 radical (unpaired) electrons. The third kappa shape index (κ3) is 5.74. The minimum Gasteiger partial charge on any atom is -0.496 e. The lowest BCUT2D eigenvalue weighted by Gasteiger charge is -2.12. The Labute approximate surface area is 127 Å². The SMILES string of the molecule is CN=C(NCCSC)NCc1ccc(OC)c(Br)c1. The molecule has 0 saturated carbocycles. The molecule has 0 atom stereocenters. The molecule has 1 aromatic carbocycles. The van der Waals surface area contributed by atoms with Gasteiger partial charge in [-0.25, -0.2) is 0 Å². The van der Waals surface area contributed by atoms with E-state index >= 15 is 0 Å². The zero-order valence-corrected chi connectivity index (χ0v) is 13.9. The molecule has 106 valence electrons. The first-order chi connectivity index (χ1) is 9.21. The van der Waals surface area contributed by atoms with Gasteiger partial charge < -0.3 is 15.4 Å². The van der Waals surface area contributed by atoms with Crippen LogP contribution in [0.25, 0.3) is 0 Å². The average molecular weight is 346 g/mol. The summed E-state index contributed by atoms with van der Waals surface area (Å²) >= 11 is 5.29. The molecule has 0 unspecified atom stereocenters. The maximum absolute atomic E-state index is 5.21. The summed E-state index contributed by atoms with van der Waals surface area (Å²) in [5.41, 5.74) is 1.17. The van der Waals surface area contributed by atoms with E-state index in [1.165, 1.54) is 5.56 Å². The van der Waals surface area contributed by atoms with Gasteiger partial charge in [-0.3, -0.25) is 4.99 Å². The third-order valence-electron chi connectivity index (χ3n) is 2.50. The van der Waals surface area contributed by atoms with Crippen molar-refractivity contribution in [2.24, 2.45) is 4.99 Å². The Bertz CT molecular complexity index is 426. The fraction of sp³-hybridized carbons (Fsp3) is 0.462. The summed E-state index contributed by atoms with van der Waals surface area (Å²) in [5.74, 6) is 2.72. The number of nitrogens with zero attached hydrogens (tertiary/aromatic N) is 1. The molecule has 0 amide bonds. The molecule has 0 aliphatic carbocycles.